The van der Waals surface area contributed by atoms with Gasteiger partial charge in [0.1, 0.15) is 12.4 Å². The molecule has 2 aromatic rings. The Morgan fingerprint density at radius 3 is 2.18 bits per heavy atom. The number of hydrogen-bond donors (Lipinski definition) is 0. The fraction of sp³-hybridized carbons (Fsp3) is 0.200. The molecule has 0 fully saturated rings. The molecular weight excluding hydrogens is 482 g/mol. The fourth-order valence-electron chi connectivity index (χ4n) is 1.78. The zero-order chi connectivity index (χ0) is 16.1. The van der Waals surface area contributed by atoms with Crippen molar-refractivity contribution >= 4 is 53.5 Å². The lowest BCUT2D eigenvalue weighted by atomic mass is 10.1. The molecule has 0 saturated carbocycles. The SMILES string of the molecule is O=[N+]([O-])c1ccc(OCC(Br)C(Br)c2ccc(Br)cc2)cc1. The van der Waals surface area contributed by atoms with Gasteiger partial charge in [-0.15, -0.1) is 0 Å². The topological polar surface area (TPSA) is 52.4 Å². The van der Waals surface area contributed by atoms with Crippen LogP contribution in [0.2, 0.25) is 0 Å². The minimum Gasteiger partial charge on any atom is -0.492 e. The zero-order valence-corrected chi connectivity index (χ0v) is 16.0. The third-order valence-corrected chi connectivity index (χ3v) is 6.16. The third kappa shape index (κ3) is 4.79. The van der Waals surface area contributed by atoms with Gasteiger partial charge in [-0.2, -0.15) is 0 Å². The molecule has 0 bridgehead atoms. The van der Waals surface area contributed by atoms with E-state index < -0.39 is 4.92 Å². The van der Waals surface area contributed by atoms with Gasteiger partial charge in [0.25, 0.3) is 5.69 Å². The molecule has 0 aliphatic carbocycles. The summed E-state index contributed by atoms with van der Waals surface area (Å²) in [4.78, 5) is 10.3. The van der Waals surface area contributed by atoms with Crippen molar-refractivity contribution in [1.29, 1.82) is 0 Å². The van der Waals surface area contributed by atoms with Gasteiger partial charge in [0.15, 0.2) is 0 Å². The van der Waals surface area contributed by atoms with E-state index in [2.05, 4.69) is 47.8 Å². The highest BCUT2D eigenvalue weighted by atomic mass is 79.9. The molecule has 0 N–H and O–H groups in total. The van der Waals surface area contributed by atoms with Crippen molar-refractivity contribution in [2.24, 2.45) is 0 Å². The lowest BCUT2D eigenvalue weighted by Crippen LogP contribution is -2.16. The van der Waals surface area contributed by atoms with Crippen LogP contribution >= 0.6 is 47.8 Å². The molecule has 7 heteroatoms. The highest BCUT2D eigenvalue weighted by Crippen LogP contribution is 2.32. The molecule has 0 aliphatic rings. The van der Waals surface area contributed by atoms with Crippen LogP contribution in [0.1, 0.15) is 10.4 Å². The number of nitro benzene ring substituents is 1. The van der Waals surface area contributed by atoms with Crippen molar-refractivity contribution in [1.82, 2.24) is 0 Å². The molecule has 0 aromatic heterocycles. The fourth-order valence-corrected chi connectivity index (χ4v) is 2.94. The standard InChI is InChI=1S/C15H12Br3NO3/c16-11-3-1-10(2-4-11)15(18)14(17)9-22-13-7-5-12(6-8-13)19(20)21/h1-8,14-15H,9H2. The number of hydrogen-bond acceptors (Lipinski definition) is 3. The maximum Gasteiger partial charge on any atom is 0.269 e. The predicted octanol–water partition coefficient (Wildman–Crippen LogP) is 5.64. The molecule has 0 heterocycles. The first kappa shape index (κ1) is 17.4. The molecule has 4 nitrogen and oxygen atoms in total. The molecule has 2 aromatic carbocycles. The summed E-state index contributed by atoms with van der Waals surface area (Å²) >= 11 is 10.7. The van der Waals surface area contributed by atoms with Crippen molar-refractivity contribution in [3.63, 3.8) is 0 Å². The van der Waals surface area contributed by atoms with E-state index >= 15 is 0 Å². The number of rotatable bonds is 6. The lowest BCUT2D eigenvalue weighted by molar-refractivity contribution is -0.384. The number of non-ortho nitro benzene ring substituents is 1. The second-order valence-electron chi connectivity index (χ2n) is 4.53. The second kappa shape index (κ2) is 8.08. The Bertz CT molecular complexity index is 631. The number of benzene rings is 2. The predicted molar refractivity (Wildman–Crippen MR) is 97.1 cm³/mol. The monoisotopic (exact) mass is 491 g/mol. The minimum absolute atomic E-state index is 0.0518. The van der Waals surface area contributed by atoms with E-state index in [0.29, 0.717) is 12.4 Å². The molecule has 0 amide bonds. The molecule has 0 saturated heterocycles. The van der Waals surface area contributed by atoms with Gasteiger partial charge in [0.2, 0.25) is 0 Å². The molecule has 0 aliphatic heterocycles. The molecule has 2 rings (SSSR count). The van der Waals surface area contributed by atoms with Crippen LogP contribution in [0.15, 0.2) is 53.0 Å². The molecule has 0 spiro atoms. The van der Waals surface area contributed by atoms with Gasteiger partial charge in [0.05, 0.1) is 14.6 Å². The van der Waals surface area contributed by atoms with Crippen LogP contribution in [-0.2, 0) is 0 Å². The summed E-state index contributed by atoms with van der Waals surface area (Å²) in [5, 5.41) is 10.6. The summed E-state index contributed by atoms with van der Waals surface area (Å²) in [7, 11) is 0. The van der Waals surface area contributed by atoms with Crippen LogP contribution in [-0.4, -0.2) is 16.4 Å². The Labute approximate surface area is 153 Å². The van der Waals surface area contributed by atoms with Gasteiger partial charge in [0, 0.05) is 16.6 Å². The van der Waals surface area contributed by atoms with Gasteiger partial charge in [-0.25, -0.2) is 0 Å². The average molecular weight is 494 g/mol. The third-order valence-electron chi connectivity index (χ3n) is 2.96. The van der Waals surface area contributed by atoms with Crippen LogP contribution in [0, 0.1) is 10.1 Å². The molecule has 116 valence electrons. The Hall–Kier alpha value is -0.920. The number of halogens is 3. The molecule has 22 heavy (non-hydrogen) atoms. The maximum atomic E-state index is 10.6. The zero-order valence-electron chi connectivity index (χ0n) is 11.3. The minimum atomic E-state index is -0.431. The van der Waals surface area contributed by atoms with Crippen LogP contribution in [0.4, 0.5) is 5.69 Å². The van der Waals surface area contributed by atoms with Crippen molar-refractivity contribution in [2.75, 3.05) is 6.61 Å². The highest BCUT2D eigenvalue weighted by Gasteiger charge is 2.18. The second-order valence-corrected chi connectivity index (χ2v) is 7.61. The molecule has 2 unspecified atom stereocenters. The summed E-state index contributed by atoms with van der Waals surface area (Å²) < 4.78 is 6.69. The van der Waals surface area contributed by atoms with E-state index in [1.807, 2.05) is 24.3 Å². The van der Waals surface area contributed by atoms with E-state index in [4.69, 9.17) is 4.74 Å². The van der Waals surface area contributed by atoms with Gasteiger partial charge in [-0.05, 0) is 29.8 Å². The van der Waals surface area contributed by atoms with Gasteiger partial charge in [-0.1, -0.05) is 59.9 Å². The number of ether oxygens (including phenoxy) is 1. The van der Waals surface area contributed by atoms with Gasteiger partial charge < -0.3 is 4.74 Å². The number of nitrogens with zero attached hydrogens (tertiary/aromatic N) is 1. The van der Waals surface area contributed by atoms with Crippen LogP contribution in [0.5, 0.6) is 5.75 Å². The smallest absolute Gasteiger partial charge is 0.269 e. The summed E-state index contributed by atoms with van der Waals surface area (Å²) in [6.45, 7) is 0.434. The van der Waals surface area contributed by atoms with E-state index in [1.54, 1.807) is 12.1 Å². The first-order chi connectivity index (χ1) is 10.5. The van der Waals surface area contributed by atoms with Crippen molar-refractivity contribution < 1.29 is 9.66 Å². The Morgan fingerprint density at radius 1 is 1.05 bits per heavy atom. The van der Waals surface area contributed by atoms with E-state index in [9.17, 15) is 10.1 Å². The molecular formula is C15H12Br3NO3. The Balaban J connectivity index is 1.92. The van der Waals surface area contributed by atoms with E-state index in [0.717, 1.165) is 10.0 Å². The summed E-state index contributed by atoms with van der Waals surface area (Å²) in [6, 6.07) is 14.1. The quantitative estimate of drug-likeness (QED) is 0.297. The van der Waals surface area contributed by atoms with Crippen LogP contribution < -0.4 is 4.74 Å². The van der Waals surface area contributed by atoms with E-state index in [-0.39, 0.29) is 15.3 Å². The summed E-state index contributed by atoms with van der Waals surface area (Å²) in [5.41, 5.74) is 1.19. The van der Waals surface area contributed by atoms with Crippen LogP contribution in [0.25, 0.3) is 0 Å². The first-order valence-electron chi connectivity index (χ1n) is 6.38. The van der Waals surface area contributed by atoms with Gasteiger partial charge in [-0.3, -0.25) is 10.1 Å². The average Bonchev–Trinajstić information content (AvgIpc) is 2.53. The summed E-state index contributed by atoms with van der Waals surface area (Å²) in [5.74, 6) is 0.602. The van der Waals surface area contributed by atoms with Crippen molar-refractivity contribution in [3.05, 3.63) is 68.7 Å². The Kier molecular flexibility index (Phi) is 6.40. The highest BCUT2D eigenvalue weighted by molar-refractivity contribution is 9.12. The Morgan fingerprint density at radius 2 is 1.64 bits per heavy atom. The lowest BCUT2D eigenvalue weighted by Gasteiger charge is -2.18. The van der Waals surface area contributed by atoms with Crippen molar-refractivity contribution in [3.8, 4) is 5.75 Å². The molecule has 2 atom stereocenters. The van der Waals surface area contributed by atoms with Crippen LogP contribution in [0.3, 0.4) is 0 Å². The first-order valence-corrected chi connectivity index (χ1v) is 9.00. The largest absolute Gasteiger partial charge is 0.492 e. The normalized spacial score (nSPS) is 13.4. The molecule has 0 radical (unpaired) electrons. The maximum absolute atomic E-state index is 10.6. The van der Waals surface area contributed by atoms with Crippen molar-refractivity contribution in [2.45, 2.75) is 9.65 Å². The number of alkyl halides is 2. The summed E-state index contributed by atoms with van der Waals surface area (Å²) in [6.07, 6.45) is 0. The van der Waals surface area contributed by atoms with Gasteiger partial charge >= 0.3 is 0 Å². The number of nitro groups is 1. The van der Waals surface area contributed by atoms with E-state index in [1.165, 1.54) is 12.1 Å².